The van der Waals surface area contributed by atoms with Gasteiger partial charge in [-0.2, -0.15) is 0 Å². The Morgan fingerprint density at radius 3 is 3.06 bits per heavy atom. The number of likely N-dealkylation sites (N-methyl/N-ethyl adjacent to an activating group) is 1. The second-order valence-corrected chi connectivity index (χ2v) is 5.17. The predicted octanol–water partition coefficient (Wildman–Crippen LogP) is 1.23. The van der Waals surface area contributed by atoms with Crippen LogP contribution in [0.4, 0.5) is 0 Å². The van der Waals surface area contributed by atoms with Gasteiger partial charge in [-0.3, -0.25) is 0 Å². The number of hydrogen-bond donors (Lipinski definition) is 2. The van der Waals surface area contributed by atoms with Crippen molar-refractivity contribution in [3.05, 3.63) is 29.3 Å². The summed E-state index contributed by atoms with van der Waals surface area (Å²) in [4.78, 5) is 2.32. The maximum Gasteiger partial charge on any atom is 0.115 e. The SMILES string of the molecule is CN1CCC2(O)CC1Cc1ccc(O)cc12. The van der Waals surface area contributed by atoms with Crippen molar-refractivity contribution in [3.8, 4) is 5.75 Å². The van der Waals surface area contributed by atoms with Crippen molar-refractivity contribution in [2.45, 2.75) is 30.9 Å². The van der Waals surface area contributed by atoms with Crippen LogP contribution in [0, 0.1) is 0 Å². The van der Waals surface area contributed by atoms with Crippen molar-refractivity contribution in [1.29, 1.82) is 0 Å². The van der Waals surface area contributed by atoms with Gasteiger partial charge in [0.15, 0.2) is 0 Å². The van der Waals surface area contributed by atoms with E-state index in [2.05, 4.69) is 11.9 Å². The lowest BCUT2D eigenvalue weighted by Gasteiger charge is -2.47. The van der Waals surface area contributed by atoms with Gasteiger partial charge in [-0.25, -0.2) is 0 Å². The highest BCUT2D eigenvalue weighted by Gasteiger charge is 2.43. The average molecular weight is 219 g/mol. The number of piperidine rings is 1. The molecule has 1 heterocycles. The summed E-state index contributed by atoms with van der Waals surface area (Å²) >= 11 is 0. The number of phenols is 1. The van der Waals surface area contributed by atoms with E-state index in [-0.39, 0.29) is 5.75 Å². The average Bonchev–Trinajstić information content (AvgIpc) is 2.26. The lowest BCUT2D eigenvalue weighted by Crippen LogP contribution is -2.51. The molecule has 86 valence electrons. The van der Waals surface area contributed by atoms with E-state index in [0.29, 0.717) is 6.04 Å². The van der Waals surface area contributed by atoms with Gasteiger partial charge in [0.25, 0.3) is 0 Å². The summed E-state index contributed by atoms with van der Waals surface area (Å²) in [5, 5.41) is 20.2. The summed E-state index contributed by atoms with van der Waals surface area (Å²) in [6, 6.07) is 5.83. The van der Waals surface area contributed by atoms with Crippen molar-refractivity contribution < 1.29 is 10.2 Å². The van der Waals surface area contributed by atoms with Gasteiger partial charge >= 0.3 is 0 Å². The fourth-order valence-electron chi connectivity index (χ4n) is 3.09. The molecule has 0 spiro atoms. The van der Waals surface area contributed by atoms with E-state index in [1.165, 1.54) is 5.56 Å². The standard InChI is InChI=1S/C13H17NO2/c1-14-5-4-13(16)8-10(14)6-9-2-3-11(15)7-12(9)13/h2-3,7,10,15-16H,4-6,8H2,1H3. The third-order valence-electron chi connectivity index (χ3n) is 4.13. The zero-order valence-electron chi connectivity index (χ0n) is 9.48. The van der Waals surface area contributed by atoms with Crippen molar-refractivity contribution in [3.63, 3.8) is 0 Å². The second-order valence-electron chi connectivity index (χ2n) is 5.17. The molecule has 1 saturated heterocycles. The van der Waals surface area contributed by atoms with Gasteiger partial charge < -0.3 is 15.1 Å². The fraction of sp³-hybridized carbons (Fsp3) is 0.538. The van der Waals surface area contributed by atoms with Crippen LogP contribution in [0.15, 0.2) is 18.2 Å². The minimum atomic E-state index is -0.719. The summed E-state index contributed by atoms with van der Waals surface area (Å²) < 4.78 is 0. The summed E-state index contributed by atoms with van der Waals surface area (Å²) in [6.45, 7) is 0.927. The second kappa shape index (κ2) is 3.22. The maximum absolute atomic E-state index is 10.7. The van der Waals surface area contributed by atoms with Gasteiger partial charge in [0.1, 0.15) is 5.75 Å². The minimum absolute atomic E-state index is 0.254. The van der Waals surface area contributed by atoms with Gasteiger partial charge in [-0.1, -0.05) is 6.07 Å². The predicted molar refractivity (Wildman–Crippen MR) is 61.4 cm³/mol. The Kier molecular flexibility index (Phi) is 2.03. The van der Waals surface area contributed by atoms with E-state index >= 15 is 0 Å². The van der Waals surface area contributed by atoms with Crippen LogP contribution in [-0.2, 0) is 12.0 Å². The van der Waals surface area contributed by atoms with E-state index in [4.69, 9.17) is 0 Å². The Morgan fingerprint density at radius 2 is 2.25 bits per heavy atom. The lowest BCUT2D eigenvalue weighted by atomic mass is 9.72. The lowest BCUT2D eigenvalue weighted by molar-refractivity contribution is -0.0543. The van der Waals surface area contributed by atoms with Crippen LogP contribution in [0.3, 0.4) is 0 Å². The number of rotatable bonds is 0. The number of aliphatic hydroxyl groups is 1. The van der Waals surface area contributed by atoms with Crippen molar-refractivity contribution in [1.82, 2.24) is 4.90 Å². The Labute approximate surface area is 95.3 Å². The number of phenolic OH excluding ortho intramolecular Hbond substituents is 1. The molecule has 2 bridgehead atoms. The summed E-state index contributed by atoms with van der Waals surface area (Å²) in [5.41, 5.74) is 1.41. The van der Waals surface area contributed by atoms with Crippen LogP contribution >= 0.6 is 0 Å². The molecule has 3 rings (SSSR count). The van der Waals surface area contributed by atoms with Gasteiger partial charge in [0.2, 0.25) is 0 Å². The van der Waals surface area contributed by atoms with Crippen LogP contribution in [0.25, 0.3) is 0 Å². The molecule has 0 radical (unpaired) electrons. The molecule has 0 amide bonds. The van der Waals surface area contributed by atoms with Crippen LogP contribution in [-0.4, -0.2) is 34.7 Å². The first kappa shape index (κ1) is 10.1. The number of fused-ring (bicyclic) bond motifs is 4. The third-order valence-corrected chi connectivity index (χ3v) is 4.13. The molecule has 2 unspecified atom stereocenters. The van der Waals surface area contributed by atoms with Gasteiger partial charge in [-0.05, 0) is 49.6 Å². The van der Waals surface area contributed by atoms with E-state index in [1.807, 2.05) is 6.07 Å². The van der Waals surface area contributed by atoms with Crippen LogP contribution in [0.2, 0.25) is 0 Å². The van der Waals surface area contributed by atoms with Crippen molar-refractivity contribution >= 4 is 0 Å². The number of nitrogens with zero attached hydrogens (tertiary/aromatic N) is 1. The molecule has 1 aromatic rings. The smallest absolute Gasteiger partial charge is 0.115 e. The minimum Gasteiger partial charge on any atom is -0.508 e. The number of hydrogen-bond acceptors (Lipinski definition) is 3. The van der Waals surface area contributed by atoms with Crippen LogP contribution in [0.1, 0.15) is 24.0 Å². The first-order chi connectivity index (χ1) is 7.58. The molecule has 2 N–H and O–H groups in total. The first-order valence-electron chi connectivity index (χ1n) is 5.83. The summed E-state index contributed by atoms with van der Waals surface area (Å²) in [5.74, 6) is 0.254. The molecular weight excluding hydrogens is 202 g/mol. The molecule has 0 aromatic heterocycles. The number of aromatic hydroxyl groups is 1. The molecule has 1 fully saturated rings. The summed E-state index contributed by atoms with van der Waals surface area (Å²) in [6.07, 6.45) is 2.53. The largest absolute Gasteiger partial charge is 0.508 e. The molecule has 1 aliphatic heterocycles. The first-order valence-corrected chi connectivity index (χ1v) is 5.83. The van der Waals surface area contributed by atoms with E-state index in [0.717, 1.165) is 31.4 Å². The maximum atomic E-state index is 10.7. The number of benzene rings is 1. The third kappa shape index (κ3) is 1.35. The molecule has 3 nitrogen and oxygen atoms in total. The zero-order chi connectivity index (χ0) is 11.3. The Balaban J connectivity index is 2.11. The quantitative estimate of drug-likeness (QED) is 0.689. The monoisotopic (exact) mass is 219 g/mol. The van der Waals surface area contributed by atoms with Crippen LogP contribution in [0.5, 0.6) is 5.75 Å². The fourth-order valence-corrected chi connectivity index (χ4v) is 3.09. The molecular formula is C13H17NO2. The van der Waals surface area contributed by atoms with E-state index in [9.17, 15) is 10.2 Å². The van der Waals surface area contributed by atoms with Crippen LogP contribution < -0.4 is 0 Å². The molecule has 16 heavy (non-hydrogen) atoms. The Morgan fingerprint density at radius 1 is 1.44 bits per heavy atom. The molecule has 1 aromatic carbocycles. The number of likely N-dealkylation sites (tertiary alicyclic amines) is 1. The molecule has 2 aliphatic rings. The normalized spacial score (nSPS) is 33.5. The van der Waals surface area contributed by atoms with E-state index < -0.39 is 5.60 Å². The molecule has 1 aliphatic carbocycles. The molecule has 0 saturated carbocycles. The highest BCUT2D eigenvalue weighted by Crippen LogP contribution is 2.43. The van der Waals surface area contributed by atoms with Gasteiger partial charge in [0.05, 0.1) is 5.60 Å². The van der Waals surface area contributed by atoms with Gasteiger partial charge in [0, 0.05) is 12.6 Å². The highest BCUT2D eigenvalue weighted by molar-refractivity contribution is 5.42. The topological polar surface area (TPSA) is 43.7 Å². The molecule has 2 atom stereocenters. The van der Waals surface area contributed by atoms with Crippen molar-refractivity contribution in [2.75, 3.05) is 13.6 Å². The highest BCUT2D eigenvalue weighted by atomic mass is 16.3. The zero-order valence-corrected chi connectivity index (χ0v) is 9.48. The van der Waals surface area contributed by atoms with E-state index in [1.54, 1.807) is 12.1 Å². The Hall–Kier alpha value is -1.06. The van der Waals surface area contributed by atoms with Gasteiger partial charge in [-0.15, -0.1) is 0 Å². The van der Waals surface area contributed by atoms with Crippen molar-refractivity contribution in [2.24, 2.45) is 0 Å². The molecule has 3 heteroatoms. The Bertz CT molecular complexity index is 432. The summed E-state index contributed by atoms with van der Waals surface area (Å²) in [7, 11) is 2.12.